The van der Waals surface area contributed by atoms with E-state index in [1.807, 2.05) is 30.6 Å². The van der Waals surface area contributed by atoms with Gasteiger partial charge in [-0.2, -0.15) is 0 Å². The minimum absolute atomic E-state index is 0.0833. The average molecular weight is 349 g/mol. The number of nitrogens with zero attached hydrogens (tertiary/aromatic N) is 2. The minimum atomic E-state index is 0.0833. The van der Waals surface area contributed by atoms with Gasteiger partial charge in [-0.15, -0.1) is 0 Å². The maximum absolute atomic E-state index is 11.8. The molecule has 0 fully saturated rings. The number of carbonyl (C=O) groups excluding carboxylic acids is 1. The van der Waals surface area contributed by atoms with Crippen molar-refractivity contribution in [3.05, 3.63) is 65.6 Å². The molecule has 4 nitrogen and oxygen atoms in total. The average Bonchev–Trinajstić information content (AvgIpc) is 2.79. The molecule has 2 aliphatic heterocycles. The van der Waals surface area contributed by atoms with E-state index in [2.05, 4.69) is 49.2 Å². The summed E-state index contributed by atoms with van der Waals surface area (Å²) in [5.74, 6) is 1.91. The molecular formula is C22H27N3O. The second-order valence-electron chi connectivity index (χ2n) is 7.40. The van der Waals surface area contributed by atoms with E-state index in [-0.39, 0.29) is 5.78 Å². The highest BCUT2D eigenvalue weighted by Crippen LogP contribution is 2.32. The Kier molecular flexibility index (Phi) is 5.40. The normalized spacial score (nSPS) is 21.0. The molecule has 1 unspecified atom stereocenters. The summed E-state index contributed by atoms with van der Waals surface area (Å²) < 4.78 is 0. The largest absolute Gasteiger partial charge is 0.344 e. The third-order valence-corrected chi connectivity index (χ3v) is 4.51. The van der Waals surface area contributed by atoms with Crippen molar-refractivity contribution in [3.63, 3.8) is 0 Å². The van der Waals surface area contributed by atoms with Crippen LogP contribution in [0.3, 0.4) is 0 Å². The highest BCUT2D eigenvalue weighted by Gasteiger charge is 2.24. The number of benzene rings is 1. The number of Topliss-reactive ketones (excluding diaryl/α,β-unsaturated/α-hetero) is 1. The van der Waals surface area contributed by atoms with Crippen LogP contribution in [0.2, 0.25) is 0 Å². The molecule has 0 aromatic heterocycles. The Bertz CT molecular complexity index is 814. The number of aliphatic imine (C=N–C) groups is 1. The van der Waals surface area contributed by atoms with Gasteiger partial charge in [0.1, 0.15) is 5.84 Å². The van der Waals surface area contributed by atoms with Crippen LogP contribution >= 0.6 is 0 Å². The Labute approximate surface area is 156 Å². The van der Waals surface area contributed by atoms with Gasteiger partial charge in [-0.3, -0.25) is 9.79 Å². The van der Waals surface area contributed by atoms with Gasteiger partial charge in [0, 0.05) is 30.2 Å². The summed E-state index contributed by atoms with van der Waals surface area (Å²) in [4.78, 5) is 18.8. The van der Waals surface area contributed by atoms with Crippen LogP contribution in [0.4, 0.5) is 0 Å². The van der Waals surface area contributed by atoms with Crippen molar-refractivity contribution >= 4 is 17.3 Å². The van der Waals surface area contributed by atoms with Gasteiger partial charge >= 0.3 is 0 Å². The van der Waals surface area contributed by atoms with Gasteiger partial charge in [-0.05, 0) is 36.8 Å². The molecule has 3 rings (SSSR count). The molecule has 1 aromatic carbocycles. The molecule has 4 heteroatoms. The quantitative estimate of drug-likeness (QED) is 0.809. The lowest BCUT2D eigenvalue weighted by atomic mass is 10.0. The molecule has 0 saturated heterocycles. The zero-order chi connectivity index (χ0) is 18.7. The first-order valence-electron chi connectivity index (χ1n) is 9.26. The Balaban J connectivity index is 2.03. The molecule has 0 radical (unpaired) electrons. The summed E-state index contributed by atoms with van der Waals surface area (Å²) in [5, 5.41) is 3.30. The molecular weight excluding hydrogens is 322 g/mol. The molecule has 1 N–H and O–H groups in total. The lowest BCUT2D eigenvalue weighted by Crippen LogP contribution is -2.34. The van der Waals surface area contributed by atoms with E-state index in [1.54, 1.807) is 6.92 Å². The van der Waals surface area contributed by atoms with Crippen molar-refractivity contribution in [2.45, 2.75) is 34.1 Å². The Morgan fingerprint density at radius 1 is 1.35 bits per heavy atom. The highest BCUT2D eigenvalue weighted by atomic mass is 16.1. The number of amidine groups is 1. The Morgan fingerprint density at radius 3 is 2.88 bits per heavy atom. The number of carbonyl (C=O) groups is 1. The van der Waals surface area contributed by atoms with Crippen LogP contribution in [0.5, 0.6) is 0 Å². The van der Waals surface area contributed by atoms with E-state index in [9.17, 15) is 4.79 Å². The summed E-state index contributed by atoms with van der Waals surface area (Å²) in [6.07, 6.45) is 9.44. The van der Waals surface area contributed by atoms with E-state index in [0.29, 0.717) is 11.8 Å². The molecule has 0 amide bonds. The molecule has 0 saturated carbocycles. The first-order chi connectivity index (χ1) is 12.5. The fourth-order valence-electron chi connectivity index (χ4n) is 3.11. The predicted molar refractivity (Wildman–Crippen MR) is 108 cm³/mol. The fourth-order valence-corrected chi connectivity index (χ4v) is 3.11. The minimum Gasteiger partial charge on any atom is -0.344 e. The van der Waals surface area contributed by atoms with Crippen molar-refractivity contribution in [2.75, 3.05) is 6.54 Å². The second-order valence-corrected chi connectivity index (χ2v) is 7.40. The monoisotopic (exact) mass is 349 g/mol. The van der Waals surface area contributed by atoms with Crippen LogP contribution in [0.1, 0.15) is 50.0 Å². The first-order valence-corrected chi connectivity index (χ1v) is 9.26. The number of rotatable bonds is 4. The van der Waals surface area contributed by atoms with E-state index in [0.717, 1.165) is 41.3 Å². The van der Waals surface area contributed by atoms with Gasteiger partial charge < -0.3 is 10.2 Å². The maximum Gasteiger partial charge on any atom is 0.159 e. The zero-order valence-electron chi connectivity index (χ0n) is 16.0. The first kappa shape index (κ1) is 18.2. The smallest absolute Gasteiger partial charge is 0.159 e. The van der Waals surface area contributed by atoms with Crippen molar-refractivity contribution in [1.29, 1.82) is 0 Å². The third-order valence-electron chi connectivity index (χ3n) is 4.51. The van der Waals surface area contributed by atoms with Gasteiger partial charge in [0.15, 0.2) is 5.78 Å². The van der Waals surface area contributed by atoms with Gasteiger partial charge in [0.25, 0.3) is 0 Å². The molecule has 26 heavy (non-hydrogen) atoms. The number of fused-ring (bicyclic) bond motifs is 1. The van der Waals surface area contributed by atoms with Crippen molar-refractivity contribution < 1.29 is 4.79 Å². The van der Waals surface area contributed by atoms with Crippen LogP contribution in [-0.4, -0.2) is 23.1 Å². The number of allylic oxidation sites excluding steroid dienone is 2. The molecule has 1 atom stereocenters. The fraction of sp³-hybridized carbons (Fsp3) is 0.364. The molecule has 2 heterocycles. The SMILES string of the molecule is CC(=O)c1cccc(C2=CC(C)CC=C3C(=NCC(C)C)NC=CN32)c1. The van der Waals surface area contributed by atoms with E-state index >= 15 is 0 Å². The standard InChI is InChI=1S/C22H27N3O/c1-15(2)14-24-22-20-9-8-16(3)12-21(25(20)11-10-23-22)19-7-5-6-18(13-19)17(4)26/h5-7,9-13,15-16H,8,14H2,1-4H3,(H,23,24). The summed E-state index contributed by atoms with van der Waals surface area (Å²) in [5.41, 5.74) is 3.96. The van der Waals surface area contributed by atoms with Crippen molar-refractivity contribution in [3.8, 4) is 0 Å². The van der Waals surface area contributed by atoms with E-state index < -0.39 is 0 Å². The third kappa shape index (κ3) is 3.96. The molecule has 0 spiro atoms. The number of hydrogen-bond acceptors (Lipinski definition) is 3. The summed E-state index contributed by atoms with van der Waals surface area (Å²) in [6.45, 7) is 8.95. The van der Waals surface area contributed by atoms with Crippen LogP contribution in [0, 0.1) is 11.8 Å². The summed E-state index contributed by atoms with van der Waals surface area (Å²) >= 11 is 0. The lowest BCUT2D eigenvalue weighted by Gasteiger charge is -2.30. The Hall–Kier alpha value is -2.62. The lowest BCUT2D eigenvalue weighted by molar-refractivity contribution is 0.101. The van der Waals surface area contributed by atoms with Crippen LogP contribution in [0.25, 0.3) is 5.70 Å². The number of hydrogen-bond donors (Lipinski definition) is 1. The number of ketones is 1. The molecule has 136 valence electrons. The van der Waals surface area contributed by atoms with Gasteiger partial charge in [-0.25, -0.2) is 0 Å². The van der Waals surface area contributed by atoms with Crippen LogP contribution in [0.15, 0.2) is 59.5 Å². The zero-order valence-corrected chi connectivity index (χ0v) is 16.0. The topological polar surface area (TPSA) is 44.7 Å². The molecule has 0 bridgehead atoms. The molecule has 1 aromatic rings. The van der Waals surface area contributed by atoms with Crippen molar-refractivity contribution in [1.82, 2.24) is 10.2 Å². The van der Waals surface area contributed by atoms with Gasteiger partial charge in [0.2, 0.25) is 0 Å². The number of nitrogens with one attached hydrogen (secondary N) is 1. The highest BCUT2D eigenvalue weighted by molar-refractivity contribution is 6.01. The van der Waals surface area contributed by atoms with Crippen LogP contribution < -0.4 is 5.32 Å². The summed E-state index contributed by atoms with van der Waals surface area (Å²) in [6, 6.07) is 7.86. The maximum atomic E-state index is 11.8. The van der Waals surface area contributed by atoms with Gasteiger partial charge in [-0.1, -0.05) is 51.1 Å². The molecule has 0 aliphatic carbocycles. The van der Waals surface area contributed by atoms with Crippen molar-refractivity contribution in [2.24, 2.45) is 16.8 Å². The summed E-state index contributed by atoms with van der Waals surface area (Å²) in [7, 11) is 0. The van der Waals surface area contributed by atoms with Crippen LogP contribution in [-0.2, 0) is 0 Å². The Morgan fingerprint density at radius 2 is 2.15 bits per heavy atom. The van der Waals surface area contributed by atoms with Gasteiger partial charge in [0.05, 0.1) is 5.70 Å². The van der Waals surface area contributed by atoms with E-state index in [4.69, 9.17) is 4.99 Å². The van der Waals surface area contributed by atoms with E-state index in [1.165, 1.54) is 0 Å². The predicted octanol–water partition coefficient (Wildman–Crippen LogP) is 4.58. The molecule has 2 aliphatic rings. The second kappa shape index (κ2) is 7.73.